The van der Waals surface area contributed by atoms with Crippen molar-refractivity contribution in [1.82, 2.24) is 15.0 Å². The van der Waals surface area contributed by atoms with E-state index in [2.05, 4.69) is 31.7 Å². The lowest BCUT2D eigenvalue weighted by Crippen LogP contribution is -2.13. The lowest BCUT2D eigenvalue weighted by atomic mass is 10.0. The fraction of sp³-hybridized carbons (Fsp3) is 0.350. The van der Waals surface area contributed by atoms with E-state index in [-0.39, 0.29) is 12.5 Å². The number of para-hydroxylation sites is 1. The minimum absolute atomic E-state index is 0.0336. The van der Waals surface area contributed by atoms with Crippen molar-refractivity contribution in [2.24, 2.45) is 0 Å². The summed E-state index contributed by atoms with van der Waals surface area (Å²) >= 11 is 0. The van der Waals surface area contributed by atoms with Gasteiger partial charge in [-0.15, -0.1) is 0 Å². The maximum absolute atomic E-state index is 9.07. The number of nitrogens with zero attached hydrogens (tertiary/aromatic N) is 3. The molecule has 0 amide bonds. The maximum atomic E-state index is 9.07. The van der Waals surface area contributed by atoms with E-state index in [1.54, 1.807) is 0 Å². The minimum Gasteiger partial charge on any atom is -0.395 e. The maximum Gasteiger partial charge on any atom is 0.224 e. The van der Waals surface area contributed by atoms with Crippen molar-refractivity contribution in [2.45, 2.75) is 18.9 Å². The lowest BCUT2D eigenvalue weighted by Gasteiger charge is -2.14. The van der Waals surface area contributed by atoms with E-state index in [0.717, 1.165) is 41.0 Å². The molecular formula is C20H23N5O2. The molecule has 0 radical (unpaired) electrons. The molecule has 1 aliphatic heterocycles. The number of benzene rings is 1. The first-order valence-corrected chi connectivity index (χ1v) is 9.21. The number of aliphatic hydroxyl groups is 1. The van der Waals surface area contributed by atoms with Gasteiger partial charge in [0.05, 0.1) is 24.4 Å². The summed E-state index contributed by atoms with van der Waals surface area (Å²) < 4.78 is 5.50. The van der Waals surface area contributed by atoms with Crippen molar-refractivity contribution in [1.29, 1.82) is 0 Å². The van der Waals surface area contributed by atoms with Crippen LogP contribution in [0.25, 0.3) is 10.9 Å². The molecule has 0 saturated carbocycles. The Labute approximate surface area is 157 Å². The summed E-state index contributed by atoms with van der Waals surface area (Å²) in [6, 6.07) is 12.1. The molecule has 0 spiro atoms. The third-order valence-electron chi connectivity index (χ3n) is 4.69. The van der Waals surface area contributed by atoms with E-state index in [1.165, 1.54) is 0 Å². The van der Waals surface area contributed by atoms with Crippen molar-refractivity contribution in [3.8, 4) is 0 Å². The van der Waals surface area contributed by atoms with Gasteiger partial charge in [0.25, 0.3) is 0 Å². The average Bonchev–Trinajstić information content (AvgIpc) is 3.25. The van der Waals surface area contributed by atoms with Gasteiger partial charge in [0.1, 0.15) is 5.82 Å². The van der Waals surface area contributed by atoms with Gasteiger partial charge in [-0.25, -0.2) is 4.98 Å². The van der Waals surface area contributed by atoms with Gasteiger partial charge in [-0.3, -0.25) is 4.98 Å². The van der Waals surface area contributed by atoms with Crippen LogP contribution in [0, 0.1) is 0 Å². The third kappa shape index (κ3) is 4.15. The topological polar surface area (TPSA) is 92.2 Å². The first-order valence-electron chi connectivity index (χ1n) is 9.21. The molecule has 3 aromatic rings. The van der Waals surface area contributed by atoms with E-state index >= 15 is 0 Å². The zero-order valence-electron chi connectivity index (χ0n) is 15.1. The van der Waals surface area contributed by atoms with Crippen LogP contribution in [-0.2, 0) is 11.3 Å². The van der Waals surface area contributed by atoms with Gasteiger partial charge in [-0.05, 0) is 24.1 Å². The van der Waals surface area contributed by atoms with Crippen molar-refractivity contribution in [3.05, 3.63) is 53.9 Å². The van der Waals surface area contributed by atoms with Gasteiger partial charge >= 0.3 is 0 Å². The number of aromatic nitrogens is 3. The fourth-order valence-electron chi connectivity index (χ4n) is 3.28. The third-order valence-corrected chi connectivity index (χ3v) is 4.69. The molecule has 1 aliphatic rings. The molecule has 140 valence electrons. The van der Waals surface area contributed by atoms with Crippen LogP contribution in [-0.4, -0.2) is 46.4 Å². The molecule has 27 heavy (non-hydrogen) atoms. The van der Waals surface area contributed by atoms with Gasteiger partial charge < -0.3 is 20.5 Å². The highest BCUT2D eigenvalue weighted by Gasteiger charge is 2.20. The van der Waals surface area contributed by atoms with Gasteiger partial charge in [-0.2, -0.15) is 4.98 Å². The number of nitrogens with one attached hydrogen (secondary N) is 2. The largest absolute Gasteiger partial charge is 0.395 e. The first-order chi connectivity index (χ1) is 13.3. The normalized spacial score (nSPS) is 16.6. The Morgan fingerprint density at radius 3 is 2.93 bits per heavy atom. The smallest absolute Gasteiger partial charge is 0.224 e. The lowest BCUT2D eigenvalue weighted by molar-refractivity contribution is 0.193. The highest BCUT2D eigenvalue weighted by atomic mass is 16.5. The highest BCUT2D eigenvalue weighted by molar-refractivity contribution is 5.82. The quantitative estimate of drug-likeness (QED) is 0.592. The number of ether oxygens (including phenoxy) is 1. The van der Waals surface area contributed by atoms with Crippen LogP contribution in [0.1, 0.15) is 23.6 Å². The number of anilines is 2. The van der Waals surface area contributed by atoms with E-state index in [1.807, 2.05) is 36.5 Å². The molecule has 3 heterocycles. The standard InChI is InChI=1S/C20H23N5O2/c26-9-8-22-20-24-18(15-6-10-27-13-15)11-19(25-20)23-12-14-5-7-21-17-4-2-1-3-16(14)17/h1-5,7,11,15,26H,6,8-10,12-13H2,(H2,22,23,24,25)/t15-/m0/s1. The average molecular weight is 365 g/mol. The Morgan fingerprint density at radius 1 is 1.15 bits per heavy atom. The van der Waals surface area contributed by atoms with Gasteiger partial charge in [0.15, 0.2) is 0 Å². The summed E-state index contributed by atoms with van der Waals surface area (Å²) in [6.07, 6.45) is 2.79. The van der Waals surface area contributed by atoms with Gasteiger partial charge in [0, 0.05) is 43.3 Å². The van der Waals surface area contributed by atoms with E-state index in [0.29, 0.717) is 25.6 Å². The van der Waals surface area contributed by atoms with E-state index in [9.17, 15) is 0 Å². The molecule has 0 unspecified atom stereocenters. The molecule has 3 N–H and O–H groups in total. The van der Waals surface area contributed by atoms with Crippen LogP contribution in [0.15, 0.2) is 42.6 Å². The second-order valence-corrected chi connectivity index (χ2v) is 6.55. The predicted molar refractivity (Wildman–Crippen MR) is 105 cm³/mol. The molecular weight excluding hydrogens is 342 g/mol. The number of rotatable bonds is 7. The number of aliphatic hydroxyl groups excluding tert-OH is 1. The molecule has 0 aliphatic carbocycles. The van der Waals surface area contributed by atoms with Crippen LogP contribution in [0.4, 0.5) is 11.8 Å². The number of hydrogen-bond donors (Lipinski definition) is 3. The number of hydrogen-bond acceptors (Lipinski definition) is 7. The summed E-state index contributed by atoms with van der Waals surface area (Å²) in [7, 11) is 0. The molecule has 1 aromatic carbocycles. The molecule has 1 fully saturated rings. The molecule has 1 atom stereocenters. The first kappa shape index (κ1) is 17.6. The van der Waals surface area contributed by atoms with Crippen molar-refractivity contribution >= 4 is 22.7 Å². The summed E-state index contributed by atoms with van der Waals surface area (Å²) in [4.78, 5) is 13.5. The van der Waals surface area contributed by atoms with E-state index < -0.39 is 0 Å². The summed E-state index contributed by atoms with van der Waals surface area (Å²) in [5.41, 5.74) is 3.11. The molecule has 7 nitrogen and oxygen atoms in total. The molecule has 2 aromatic heterocycles. The van der Waals surface area contributed by atoms with Gasteiger partial charge in [0.2, 0.25) is 5.95 Å². The highest BCUT2D eigenvalue weighted by Crippen LogP contribution is 2.26. The Bertz CT molecular complexity index is 907. The Hall–Kier alpha value is -2.77. The second kappa shape index (κ2) is 8.28. The Morgan fingerprint density at radius 2 is 2.07 bits per heavy atom. The minimum atomic E-state index is 0.0336. The van der Waals surface area contributed by atoms with Crippen LogP contribution in [0.5, 0.6) is 0 Å². The summed E-state index contributed by atoms with van der Waals surface area (Å²) in [5.74, 6) is 1.56. The zero-order valence-corrected chi connectivity index (χ0v) is 15.1. The zero-order chi connectivity index (χ0) is 18.5. The van der Waals surface area contributed by atoms with Crippen molar-refractivity contribution < 1.29 is 9.84 Å². The molecule has 4 rings (SSSR count). The van der Waals surface area contributed by atoms with Crippen molar-refractivity contribution in [3.63, 3.8) is 0 Å². The summed E-state index contributed by atoms with van der Waals surface area (Å²) in [5, 5.41) is 16.7. The molecule has 7 heteroatoms. The Balaban J connectivity index is 1.57. The van der Waals surface area contributed by atoms with Crippen LogP contribution < -0.4 is 10.6 Å². The van der Waals surface area contributed by atoms with E-state index in [4.69, 9.17) is 9.84 Å². The monoisotopic (exact) mass is 365 g/mol. The fourth-order valence-corrected chi connectivity index (χ4v) is 3.28. The summed E-state index contributed by atoms with van der Waals surface area (Å²) in [6.45, 7) is 2.54. The number of fused-ring (bicyclic) bond motifs is 1. The number of pyridine rings is 1. The molecule has 1 saturated heterocycles. The van der Waals surface area contributed by atoms with Crippen molar-refractivity contribution in [2.75, 3.05) is 37.0 Å². The SMILES string of the molecule is OCCNc1nc(NCc2ccnc3ccccc23)cc([C@H]2CCOC2)n1. The second-order valence-electron chi connectivity index (χ2n) is 6.55. The van der Waals surface area contributed by atoms with Crippen LogP contribution >= 0.6 is 0 Å². The Kier molecular flexibility index (Phi) is 5.41. The predicted octanol–water partition coefficient (Wildman–Crippen LogP) is 2.54. The van der Waals surface area contributed by atoms with Crippen LogP contribution in [0.3, 0.4) is 0 Å². The van der Waals surface area contributed by atoms with Gasteiger partial charge in [-0.1, -0.05) is 18.2 Å². The van der Waals surface area contributed by atoms with Crippen LogP contribution in [0.2, 0.25) is 0 Å². The molecule has 0 bridgehead atoms.